The van der Waals surface area contributed by atoms with Crippen LogP contribution in [-0.4, -0.2) is 20.2 Å². The topological polar surface area (TPSA) is 61.3 Å². The van der Waals surface area contributed by atoms with E-state index in [1.807, 2.05) is 12.1 Å². The van der Waals surface area contributed by atoms with Crippen LogP contribution in [0.3, 0.4) is 0 Å². The number of nitrogens with two attached hydrogens (primary N) is 2. The maximum Gasteiger partial charge on any atom is 0.122 e. The molecule has 0 aliphatic heterocycles. The molecular weight excluding hydrogens is 188 g/mol. The lowest BCUT2D eigenvalue weighted by molar-refractivity contribution is 0.404. The molecule has 0 atom stereocenters. The highest BCUT2D eigenvalue weighted by molar-refractivity contribution is 5.39. The van der Waals surface area contributed by atoms with Crippen molar-refractivity contribution in [1.29, 1.82) is 0 Å². The number of hydrogen-bond acceptors (Lipinski definition) is 3. The zero-order valence-corrected chi connectivity index (χ0v) is 9.49. The molecule has 1 rings (SSSR count). The summed E-state index contributed by atoms with van der Waals surface area (Å²) >= 11 is 0. The van der Waals surface area contributed by atoms with Crippen LogP contribution in [-0.2, 0) is 6.42 Å². The number of aryl methyl sites for hydroxylation is 1. The van der Waals surface area contributed by atoms with Crippen LogP contribution in [0.1, 0.15) is 11.1 Å². The molecule has 1 aromatic carbocycles. The summed E-state index contributed by atoms with van der Waals surface area (Å²) < 4.78 is 5.33. The lowest BCUT2D eigenvalue weighted by Gasteiger charge is -2.16. The average Bonchev–Trinajstić information content (AvgIpc) is 2.27. The van der Waals surface area contributed by atoms with Gasteiger partial charge in [0.05, 0.1) is 7.11 Å². The normalized spacial score (nSPS) is 10.7. The van der Waals surface area contributed by atoms with Crippen molar-refractivity contribution < 1.29 is 4.74 Å². The van der Waals surface area contributed by atoms with Crippen molar-refractivity contribution in [2.24, 2.45) is 17.4 Å². The smallest absolute Gasteiger partial charge is 0.122 e. The molecule has 0 bridgehead atoms. The summed E-state index contributed by atoms with van der Waals surface area (Å²) in [7, 11) is 1.69. The third kappa shape index (κ3) is 2.94. The van der Waals surface area contributed by atoms with E-state index in [9.17, 15) is 0 Å². The van der Waals surface area contributed by atoms with E-state index in [-0.39, 0.29) is 0 Å². The molecule has 0 heterocycles. The van der Waals surface area contributed by atoms with Gasteiger partial charge in [0.25, 0.3) is 0 Å². The second-order valence-corrected chi connectivity index (χ2v) is 3.80. The minimum absolute atomic E-state index is 0.333. The van der Waals surface area contributed by atoms with Gasteiger partial charge in [0.2, 0.25) is 0 Å². The fourth-order valence-electron chi connectivity index (χ4n) is 1.68. The summed E-state index contributed by atoms with van der Waals surface area (Å²) in [6.07, 6.45) is 0.892. The van der Waals surface area contributed by atoms with E-state index < -0.39 is 0 Å². The Balaban J connectivity index is 2.91. The minimum Gasteiger partial charge on any atom is -0.496 e. The molecule has 0 aliphatic rings. The molecule has 0 fully saturated rings. The summed E-state index contributed by atoms with van der Waals surface area (Å²) in [5.74, 6) is 1.27. The summed E-state index contributed by atoms with van der Waals surface area (Å²) in [4.78, 5) is 0. The lowest BCUT2D eigenvalue weighted by atomic mass is 9.95. The molecule has 3 heteroatoms. The van der Waals surface area contributed by atoms with Crippen LogP contribution in [0.2, 0.25) is 0 Å². The highest BCUT2D eigenvalue weighted by Crippen LogP contribution is 2.24. The maximum atomic E-state index is 5.65. The summed E-state index contributed by atoms with van der Waals surface area (Å²) in [5.41, 5.74) is 13.8. The molecule has 0 unspecified atom stereocenters. The van der Waals surface area contributed by atoms with Crippen LogP contribution < -0.4 is 16.2 Å². The molecule has 1 aromatic rings. The SMILES string of the molecule is COc1cccc(C)c1CC(CN)CN. The van der Waals surface area contributed by atoms with Crippen molar-refractivity contribution in [1.82, 2.24) is 0 Å². The van der Waals surface area contributed by atoms with Crippen LogP contribution in [0.15, 0.2) is 18.2 Å². The van der Waals surface area contributed by atoms with Gasteiger partial charge in [-0.25, -0.2) is 0 Å². The van der Waals surface area contributed by atoms with E-state index in [0.717, 1.165) is 12.2 Å². The molecule has 84 valence electrons. The number of methoxy groups -OCH3 is 1. The predicted octanol–water partition coefficient (Wildman–Crippen LogP) is 1.08. The van der Waals surface area contributed by atoms with Gasteiger partial charge in [0.1, 0.15) is 5.75 Å². The van der Waals surface area contributed by atoms with Crippen molar-refractivity contribution in [3.8, 4) is 5.75 Å². The van der Waals surface area contributed by atoms with E-state index in [0.29, 0.717) is 19.0 Å². The standard InChI is InChI=1S/C12H20N2O/c1-9-4-3-5-12(15-2)11(9)6-10(7-13)8-14/h3-5,10H,6-8,13-14H2,1-2H3. The van der Waals surface area contributed by atoms with E-state index >= 15 is 0 Å². The summed E-state index contributed by atoms with van der Waals surface area (Å²) in [6, 6.07) is 6.06. The molecule has 0 spiro atoms. The van der Waals surface area contributed by atoms with Crippen molar-refractivity contribution in [2.45, 2.75) is 13.3 Å². The van der Waals surface area contributed by atoms with E-state index in [2.05, 4.69) is 13.0 Å². The monoisotopic (exact) mass is 208 g/mol. The van der Waals surface area contributed by atoms with Crippen molar-refractivity contribution in [2.75, 3.05) is 20.2 Å². The summed E-state index contributed by atoms with van der Waals surface area (Å²) in [6.45, 7) is 3.32. The zero-order chi connectivity index (χ0) is 11.3. The Kier molecular flexibility index (Phi) is 4.59. The number of rotatable bonds is 5. The number of hydrogen-bond donors (Lipinski definition) is 2. The fourth-order valence-corrected chi connectivity index (χ4v) is 1.68. The molecule has 0 aliphatic carbocycles. The Labute approximate surface area is 91.4 Å². The molecule has 4 N–H and O–H groups in total. The van der Waals surface area contributed by atoms with Crippen LogP contribution in [0, 0.1) is 12.8 Å². The Morgan fingerprint density at radius 1 is 1.27 bits per heavy atom. The van der Waals surface area contributed by atoms with Crippen molar-refractivity contribution in [3.63, 3.8) is 0 Å². The van der Waals surface area contributed by atoms with Gasteiger partial charge in [-0.05, 0) is 49.5 Å². The molecule has 0 aromatic heterocycles. The molecule has 3 nitrogen and oxygen atoms in total. The van der Waals surface area contributed by atoms with Gasteiger partial charge < -0.3 is 16.2 Å². The largest absolute Gasteiger partial charge is 0.496 e. The van der Waals surface area contributed by atoms with Gasteiger partial charge in [0, 0.05) is 0 Å². The van der Waals surface area contributed by atoms with E-state index in [1.54, 1.807) is 7.11 Å². The first-order chi connectivity index (χ1) is 7.22. The van der Waals surface area contributed by atoms with Gasteiger partial charge >= 0.3 is 0 Å². The third-order valence-electron chi connectivity index (χ3n) is 2.75. The number of ether oxygens (including phenoxy) is 1. The molecular formula is C12H20N2O. The molecule has 0 saturated heterocycles. The van der Waals surface area contributed by atoms with Crippen molar-refractivity contribution >= 4 is 0 Å². The highest BCUT2D eigenvalue weighted by Gasteiger charge is 2.11. The highest BCUT2D eigenvalue weighted by atomic mass is 16.5. The number of benzene rings is 1. The van der Waals surface area contributed by atoms with E-state index in [1.165, 1.54) is 11.1 Å². The maximum absolute atomic E-state index is 5.65. The van der Waals surface area contributed by atoms with Gasteiger partial charge in [-0.2, -0.15) is 0 Å². The first-order valence-corrected chi connectivity index (χ1v) is 5.25. The Morgan fingerprint density at radius 2 is 1.93 bits per heavy atom. The van der Waals surface area contributed by atoms with Gasteiger partial charge in [-0.3, -0.25) is 0 Å². The second kappa shape index (κ2) is 5.73. The van der Waals surface area contributed by atoms with Crippen LogP contribution >= 0.6 is 0 Å². The molecule has 0 radical (unpaired) electrons. The van der Waals surface area contributed by atoms with Gasteiger partial charge in [-0.1, -0.05) is 12.1 Å². The van der Waals surface area contributed by atoms with Gasteiger partial charge in [0.15, 0.2) is 0 Å². The first-order valence-electron chi connectivity index (χ1n) is 5.25. The quantitative estimate of drug-likeness (QED) is 0.761. The summed E-state index contributed by atoms with van der Waals surface area (Å²) in [5, 5.41) is 0. The Bertz CT molecular complexity index is 308. The third-order valence-corrected chi connectivity index (χ3v) is 2.75. The Hall–Kier alpha value is -1.06. The lowest BCUT2D eigenvalue weighted by Crippen LogP contribution is -2.25. The molecule has 15 heavy (non-hydrogen) atoms. The predicted molar refractivity (Wildman–Crippen MR) is 63.0 cm³/mol. The van der Waals surface area contributed by atoms with Crippen molar-refractivity contribution in [3.05, 3.63) is 29.3 Å². The Morgan fingerprint density at radius 3 is 2.47 bits per heavy atom. The molecule has 0 saturated carbocycles. The zero-order valence-electron chi connectivity index (χ0n) is 9.49. The van der Waals surface area contributed by atoms with Crippen LogP contribution in [0.25, 0.3) is 0 Å². The first kappa shape index (κ1) is 12.0. The minimum atomic E-state index is 0.333. The average molecular weight is 208 g/mol. The van der Waals surface area contributed by atoms with Gasteiger partial charge in [-0.15, -0.1) is 0 Å². The van der Waals surface area contributed by atoms with Crippen LogP contribution in [0.5, 0.6) is 5.75 Å². The molecule has 0 amide bonds. The van der Waals surface area contributed by atoms with E-state index in [4.69, 9.17) is 16.2 Å². The second-order valence-electron chi connectivity index (χ2n) is 3.80. The van der Waals surface area contributed by atoms with Crippen LogP contribution in [0.4, 0.5) is 0 Å². The fraction of sp³-hybridized carbons (Fsp3) is 0.500.